The van der Waals surface area contributed by atoms with E-state index < -0.39 is 67.6 Å². The van der Waals surface area contributed by atoms with Crippen molar-refractivity contribution >= 4 is 11.8 Å². The third kappa shape index (κ3) is 4.98. The highest BCUT2D eigenvalue weighted by Crippen LogP contribution is 2.27. The highest BCUT2D eigenvalue weighted by Gasteiger charge is 2.44. The number of nitrogen functional groups attached to an aromatic ring is 2. The van der Waals surface area contributed by atoms with Crippen LogP contribution in [0.3, 0.4) is 0 Å². The third-order valence-electron chi connectivity index (χ3n) is 4.89. The molecule has 18 heteroatoms. The molecule has 10 N–H and O–H groups in total. The molecule has 4 heterocycles. The monoisotopic (exact) mass is 488 g/mol. The van der Waals surface area contributed by atoms with E-state index >= 15 is 0 Å². The lowest BCUT2D eigenvalue weighted by Crippen LogP contribution is -2.47. The van der Waals surface area contributed by atoms with E-state index in [4.69, 9.17) is 31.3 Å². The topological polar surface area (TPSA) is 278 Å². The Labute approximate surface area is 189 Å². The van der Waals surface area contributed by atoms with Crippen LogP contribution >= 0.6 is 0 Å². The first kappa shape index (κ1) is 25.4. The van der Waals surface area contributed by atoms with E-state index in [1.165, 1.54) is 12.3 Å². The number of rotatable bonds is 4. The van der Waals surface area contributed by atoms with Crippen LogP contribution in [0.4, 0.5) is 11.8 Å². The van der Waals surface area contributed by atoms with Gasteiger partial charge in [0.05, 0.1) is 13.2 Å². The summed E-state index contributed by atoms with van der Waals surface area (Å²) in [7, 11) is 0. The molecule has 0 amide bonds. The Hall–Kier alpha value is -3.23. The number of aliphatic hydroxyl groups is 6. The molecule has 2 aromatic rings. The Kier molecular flexibility index (Phi) is 7.74. The zero-order valence-electron chi connectivity index (χ0n) is 17.3. The van der Waals surface area contributed by atoms with Gasteiger partial charge in [0.15, 0.2) is 12.5 Å². The number of hydrogen-bond donors (Lipinski definition) is 8. The first-order valence-electron chi connectivity index (χ1n) is 9.70. The maximum Gasteiger partial charge on any atom is 0.370 e. The standard InChI is InChI=1S/2C8H12N4O5/c9-7-10-2-12(8(16)11-7)6-5(15)4(14)3(1-13)17-6;9-5-1-2-11(8(16)10-5)12-7(15)6(14)4(3-13)17-12/h2-6,13-15H,1H2,(H2,9,11,16);1-2,4,6-7,13-15H,3H2,(H2,9,10,16)/t3-,4-,5-,6-;4-,6-,7-/m11/s1. The summed E-state index contributed by atoms with van der Waals surface area (Å²) < 4.78 is 6.88. The Bertz CT molecular complexity index is 1010. The fourth-order valence-electron chi connectivity index (χ4n) is 3.11. The Balaban J connectivity index is 0.000000191. The number of ether oxygens (including phenoxy) is 1. The Morgan fingerprint density at radius 2 is 1.62 bits per heavy atom. The van der Waals surface area contributed by atoms with Crippen LogP contribution in [0.5, 0.6) is 0 Å². The van der Waals surface area contributed by atoms with Crippen LogP contribution in [0, 0.1) is 0 Å². The molecule has 0 aromatic carbocycles. The summed E-state index contributed by atoms with van der Waals surface area (Å²) in [4.78, 5) is 38.3. The SMILES string of the molecule is Nc1ccn(N2O[C@H](CO)[C@@H](O)[C@H]2O)c(=O)n1.Nc1ncn([C@@H]2O[C@H](CO)[C@@H](O)[C@H]2O)c(=O)n1. The van der Waals surface area contributed by atoms with E-state index in [0.29, 0.717) is 0 Å². The number of nitrogens with zero attached hydrogens (tertiary/aromatic N) is 6. The molecule has 0 unspecified atom stereocenters. The first-order chi connectivity index (χ1) is 16.1. The predicted octanol–water partition coefficient (Wildman–Crippen LogP) is -6.42. The first-order valence-corrected chi connectivity index (χ1v) is 9.70. The van der Waals surface area contributed by atoms with Crippen molar-refractivity contribution in [2.45, 2.75) is 43.0 Å². The molecule has 0 spiro atoms. The lowest BCUT2D eigenvalue weighted by molar-refractivity contribution is -0.0554. The van der Waals surface area contributed by atoms with E-state index in [1.54, 1.807) is 0 Å². The second-order valence-electron chi connectivity index (χ2n) is 7.15. The van der Waals surface area contributed by atoms with Crippen LogP contribution in [0.25, 0.3) is 0 Å². The van der Waals surface area contributed by atoms with Crippen LogP contribution in [0.15, 0.2) is 28.2 Å². The molecule has 0 saturated carbocycles. The number of aromatic nitrogens is 5. The summed E-state index contributed by atoms with van der Waals surface area (Å²) in [6, 6.07) is 1.33. The third-order valence-corrected chi connectivity index (χ3v) is 4.89. The van der Waals surface area contributed by atoms with Gasteiger partial charge in [-0.15, -0.1) is 0 Å². The molecule has 2 fully saturated rings. The van der Waals surface area contributed by atoms with Crippen molar-refractivity contribution in [3.05, 3.63) is 39.6 Å². The van der Waals surface area contributed by atoms with Crippen LogP contribution in [-0.2, 0) is 9.57 Å². The lowest BCUT2D eigenvalue weighted by Gasteiger charge is -2.21. The zero-order chi connectivity index (χ0) is 25.2. The molecule has 2 saturated heterocycles. The van der Waals surface area contributed by atoms with Crippen molar-refractivity contribution in [3.63, 3.8) is 0 Å². The van der Waals surface area contributed by atoms with Crippen LogP contribution < -0.4 is 28.0 Å². The molecule has 4 rings (SSSR count). The predicted molar refractivity (Wildman–Crippen MR) is 109 cm³/mol. The molecule has 18 nitrogen and oxygen atoms in total. The molecule has 2 aliphatic rings. The molecule has 0 bridgehead atoms. The molecule has 188 valence electrons. The van der Waals surface area contributed by atoms with Crippen molar-refractivity contribution in [1.82, 2.24) is 24.2 Å². The number of hydroxylamine groups is 1. The van der Waals surface area contributed by atoms with Crippen molar-refractivity contribution in [2.75, 3.05) is 29.9 Å². The minimum Gasteiger partial charge on any atom is -0.394 e. The van der Waals surface area contributed by atoms with Gasteiger partial charge in [0.2, 0.25) is 5.95 Å². The Morgan fingerprint density at radius 3 is 2.15 bits per heavy atom. The molecule has 34 heavy (non-hydrogen) atoms. The van der Waals surface area contributed by atoms with Gasteiger partial charge in [-0.3, -0.25) is 4.57 Å². The largest absolute Gasteiger partial charge is 0.394 e. The van der Waals surface area contributed by atoms with Crippen molar-refractivity contribution in [2.24, 2.45) is 0 Å². The van der Waals surface area contributed by atoms with Gasteiger partial charge in [-0.1, -0.05) is 0 Å². The van der Waals surface area contributed by atoms with Crippen LogP contribution in [0.1, 0.15) is 6.23 Å². The number of nitrogens with two attached hydrogens (primary N) is 2. The van der Waals surface area contributed by atoms with Gasteiger partial charge in [0.25, 0.3) is 0 Å². The maximum atomic E-state index is 11.5. The summed E-state index contributed by atoms with van der Waals surface area (Å²) in [5.41, 5.74) is 8.99. The van der Waals surface area contributed by atoms with Crippen LogP contribution in [0.2, 0.25) is 0 Å². The smallest absolute Gasteiger partial charge is 0.370 e. The molecule has 7 atom stereocenters. The quantitative estimate of drug-likeness (QED) is 0.198. The zero-order valence-corrected chi connectivity index (χ0v) is 17.3. The number of aliphatic hydroxyl groups excluding tert-OH is 6. The Morgan fingerprint density at radius 1 is 0.941 bits per heavy atom. The van der Waals surface area contributed by atoms with Gasteiger partial charge in [0.1, 0.15) is 42.7 Å². The van der Waals surface area contributed by atoms with Crippen LogP contribution in [-0.4, -0.2) is 105 Å². The van der Waals surface area contributed by atoms with Gasteiger partial charge >= 0.3 is 11.4 Å². The fraction of sp³-hybridized carbons (Fsp3) is 0.562. The van der Waals surface area contributed by atoms with E-state index in [-0.39, 0.29) is 11.8 Å². The normalized spacial score (nSPS) is 30.8. The van der Waals surface area contributed by atoms with Crippen molar-refractivity contribution in [1.29, 1.82) is 0 Å². The lowest BCUT2D eigenvalue weighted by atomic mass is 10.1. The van der Waals surface area contributed by atoms with Gasteiger partial charge in [-0.2, -0.15) is 19.8 Å². The molecular weight excluding hydrogens is 464 g/mol. The highest BCUT2D eigenvalue weighted by atomic mass is 16.8. The van der Waals surface area contributed by atoms with Crippen molar-refractivity contribution in [3.8, 4) is 0 Å². The molecule has 0 radical (unpaired) electrons. The number of anilines is 2. The minimum absolute atomic E-state index is 0.0270. The summed E-state index contributed by atoms with van der Waals surface area (Å²) >= 11 is 0. The second kappa shape index (κ2) is 10.4. The van der Waals surface area contributed by atoms with E-state index in [1.807, 2.05) is 0 Å². The van der Waals surface area contributed by atoms with E-state index in [0.717, 1.165) is 20.7 Å². The molecule has 0 aliphatic carbocycles. The fourth-order valence-corrected chi connectivity index (χ4v) is 3.11. The van der Waals surface area contributed by atoms with E-state index in [2.05, 4.69) is 15.0 Å². The highest BCUT2D eigenvalue weighted by molar-refractivity contribution is 5.23. The average molecular weight is 488 g/mol. The average Bonchev–Trinajstić information content (AvgIpc) is 3.24. The van der Waals surface area contributed by atoms with Gasteiger partial charge < -0.3 is 46.8 Å². The summed E-state index contributed by atoms with van der Waals surface area (Å²) in [6.07, 6.45) is -6.25. The molecule has 2 aliphatic heterocycles. The van der Waals surface area contributed by atoms with Gasteiger partial charge in [-0.05, 0) is 6.07 Å². The van der Waals surface area contributed by atoms with E-state index in [9.17, 15) is 30.0 Å². The molecule has 2 aromatic heterocycles. The molecular formula is C16H24N8O10. The number of hydrogen-bond acceptors (Lipinski definition) is 16. The summed E-state index contributed by atoms with van der Waals surface area (Å²) in [5, 5.41) is 56.8. The van der Waals surface area contributed by atoms with Crippen molar-refractivity contribution < 1.29 is 40.2 Å². The summed E-state index contributed by atoms with van der Waals surface area (Å²) in [6.45, 7) is -0.967. The second-order valence-corrected chi connectivity index (χ2v) is 7.15. The van der Waals surface area contributed by atoms with Gasteiger partial charge in [-0.25, -0.2) is 19.4 Å². The van der Waals surface area contributed by atoms with Gasteiger partial charge in [0, 0.05) is 6.20 Å². The summed E-state index contributed by atoms with van der Waals surface area (Å²) in [5.74, 6) is -0.169. The maximum absolute atomic E-state index is 11.5. The minimum atomic E-state index is -1.48.